The molecule has 1 amide bonds. The summed E-state index contributed by atoms with van der Waals surface area (Å²) >= 11 is 6.59. The summed E-state index contributed by atoms with van der Waals surface area (Å²) in [6, 6.07) is 1.46. The van der Waals surface area contributed by atoms with E-state index in [9.17, 15) is 4.79 Å². The normalized spacial score (nSPS) is 34.8. The second-order valence-corrected chi connectivity index (χ2v) is 12.9. The maximum absolute atomic E-state index is 13.9. The first kappa shape index (κ1) is 29.0. The van der Waals surface area contributed by atoms with Crippen molar-refractivity contribution in [1.29, 1.82) is 0 Å². The van der Waals surface area contributed by atoms with Crippen LogP contribution in [0.4, 0.5) is 0 Å². The van der Waals surface area contributed by atoms with Gasteiger partial charge in [-0.15, -0.1) is 11.6 Å². The molecule has 5 rings (SSSR count). The molecule has 11 heteroatoms. The zero-order valence-electron chi connectivity index (χ0n) is 23.2. The number of likely N-dealkylation sites (tertiary alicyclic amines) is 2. The van der Waals surface area contributed by atoms with Crippen LogP contribution in [0.25, 0.3) is 0 Å². The number of rotatable bonds is 8. The molecule has 5 unspecified atom stereocenters. The van der Waals surface area contributed by atoms with Gasteiger partial charge in [-0.3, -0.25) is 24.8 Å². The molecule has 5 atom stereocenters. The van der Waals surface area contributed by atoms with E-state index in [1.165, 1.54) is 32.1 Å². The molecule has 0 spiro atoms. The van der Waals surface area contributed by atoms with Crippen LogP contribution >= 0.6 is 11.6 Å². The minimum absolute atomic E-state index is 0.0254. The Hall–Kier alpha value is -0.560. The van der Waals surface area contributed by atoms with Gasteiger partial charge in [0.15, 0.2) is 0 Å². The molecule has 0 aromatic carbocycles. The molecule has 0 radical (unpaired) electrons. The largest absolute Gasteiger partial charge is 0.379 e. The van der Waals surface area contributed by atoms with E-state index >= 15 is 0 Å². The highest BCUT2D eigenvalue weighted by Crippen LogP contribution is 2.30. The second kappa shape index (κ2) is 13.4. The Bertz CT molecular complexity index is 757. The number of hydrogen-bond acceptors (Lipinski definition) is 9. The minimum atomic E-state index is -0.747. The number of piperidine rings is 2. The number of halogens is 1. The summed E-state index contributed by atoms with van der Waals surface area (Å²) in [5.41, 5.74) is 12.7. The fraction of sp³-hybridized carbons (Fsp3) is 0.963. The molecule has 4 heterocycles. The van der Waals surface area contributed by atoms with Crippen molar-refractivity contribution < 1.29 is 9.53 Å². The predicted molar refractivity (Wildman–Crippen MR) is 151 cm³/mol. The zero-order valence-corrected chi connectivity index (χ0v) is 24.0. The highest BCUT2D eigenvalue weighted by Gasteiger charge is 2.44. The van der Waals surface area contributed by atoms with Gasteiger partial charge >= 0.3 is 0 Å². The fourth-order valence-electron chi connectivity index (χ4n) is 7.63. The maximum atomic E-state index is 13.9. The van der Waals surface area contributed by atoms with Crippen molar-refractivity contribution in [3.63, 3.8) is 0 Å². The molecule has 10 nitrogen and oxygen atoms in total. The number of nitrogens with one attached hydrogen (secondary N) is 3. The lowest BCUT2D eigenvalue weighted by Crippen LogP contribution is -2.69. The average Bonchev–Trinajstić information content (AvgIpc) is 2.90. The van der Waals surface area contributed by atoms with Crippen LogP contribution in [-0.2, 0) is 9.53 Å². The summed E-state index contributed by atoms with van der Waals surface area (Å²) < 4.78 is 5.47. The second-order valence-electron chi connectivity index (χ2n) is 12.3. The van der Waals surface area contributed by atoms with Crippen molar-refractivity contribution >= 4 is 17.5 Å². The first-order valence-electron chi connectivity index (χ1n) is 15.1. The monoisotopic (exact) mass is 554 g/mol. The third-order valence-electron chi connectivity index (χ3n) is 9.88. The van der Waals surface area contributed by atoms with Crippen molar-refractivity contribution in [2.45, 2.75) is 99.3 Å². The third kappa shape index (κ3) is 6.66. The van der Waals surface area contributed by atoms with E-state index in [4.69, 9.17) is 27.8 Å². The van der Waals surface area contributed by atoms with Crippen molar-refractivity contribution in [3.05, 3.63) is 0 Å². The van der Waals surface area contributed by atoms with E-state index in [0.29, 0.717) is 30.8 Å². The summed E-state index contributed by atoms with van der Waals surface area (Å²) in [6.07, 6.45) is 8.89. The average molecular weight is 555 g/mol. The maximum Gasteiger partial charge on any atom is 0.229 e. The lowest BCUT2D eigenvalue weighted by atomic mass is 9.89. The minimum Gasteiger partial charge on any atom is -0.379 e. The molecular formula is C27H51ClN8O2. The highest BCUT2D eigenvalue weighted by molar-refractivity contribution is 6.21. The van der Waals surface area contributed by atoms with Crippen LogP contribution < -0.4 is 27.4 Å². The Kier molecular flexibility index (Phi) is 10.2. The predicted octanol–water partition coefficient (Wildman–Crippen LogP) is -0.341. The molecule has 4 aliphatic heterocycles. The van der Waals surface area contributed by atoms with Gasteiger partial charge in [0, 0.05) is 71.0 Å². The molecular weight excluding hydrogens is 504 g/mol. The van der Waals surface area contributed by atoms with Gasteiger partial charge in [0.1, 0.15) is 0 Å². The number of carbonyl (C=O) groups excluding carboxylic acids is 1. The molecule has 5 fully saturated rings. The Morgan fingerprint density at radius 1 is 0.974 bits per heavy atom. The number of amides is 1. The lowest BCUT2D eigenvalue weighted by Gasteiger charge is -2.50. The topological polar surface area (TPSA) is 124 Å². The van der Waals surface area contributed by atoms with Gasteiger partial charge in [0.25, 0.3) is 0 Å². The third-order valence-corrected chi connectivity index (χ3v) is 10.2. The van der Waals surface area contributed by atoms with E-state index < -0.39 is 12.1 Å². The smallest absolute Gasteiger partial charge is 0.229 e. The van der Waals surface area contributed by atoms with Gasteiger partial charge < -0.3 is 26.8 Å². The van der Waals surface area contributed by atoms with Crippen LogP contribution in [-0.4, -0.2) is 128 Å². The van der Waals surface area contributed by atoms with Crippen molar-refractivity contribution in [2.24, 2.45) is 17.4 Å². The summed E-state index contributed by atoms with van der Waals surface area (Å²) in [6.45, 7) is 7.46. The number of methoxy groups -OCH3 is 1. The first-order chi connectivity index (χ1) is 18.4. The van der Waals surface area contributed by atoms with Crippen LogP contribution in [0.5, 0.6) is 0 Å². The van der Waals surface area contributed by atoms with Crippen LogP contribution in [0.15, 0.2) is 0 Å². The number of ether oxygens (including phenoxy) is 1. The number of nitrogens with zero attached hydrogens (tertiary/aromatic N) is 3. The van der Waals surface area contributed by atoms with E-state index in [1.54, 1.807) is 0 Å². The molecule has 38 heavy (non-hydrogen) atoms. The summed E-state index contributed by atoms with van der Waals surface area (Å²) in [4.78, 5) is 21.5. The quantitative estimate of drug-likeness (QED) is 0.202. The van der Waals surface area contributed by atoms with Crippen LogP contribution in [0, 0.1) is 5.92 Å². The van der Waals surface area contributed by atoms with Crippen LogP contribution in [0.1, 0.15) is 51.4 Å². The highest BCUT2D eigenvalue weighted by atomic mass is 35.5. The van der Waals surface area contributed by atoms with Gasteiger partial charge in [0.05, 0.1) is 35.8 Å². The first-order valence-corrected chi connectivity index (χ1v) is 15.5. The van der Waals surface area contributed by atoms with E-state index in [1.807, 2.05) is 7.11 Å². The van der Waals surface area contributed by atoms with E-state index in [2.05, 4.69) is 30.7 Å². The van der Waals surface area contributed by atoms with Gasteiger partial charge in [-0.1, -0.05) is 19.3 Å². The fourth-order valence-corrected chi connectivity index (χ4v) is 7.88. The van der Waals surface area contributed by atoms with Crippen LogP contribution in [0.2, 0.25) is 0 Å². The summed E-state index contributed by atoms with van der Waals surface area (Å²) in [7, 11) is 1.81. The molecule has 0 aromatic heterocycles. The molecule has 5 aliphatic rings. The molecule has 218 valence electrons. The Balaban J connectivity index is 1.21. The summed E-state index contributed by atoms with van der Waals surface area (Å²) in [5, 5.41) is 10.5. The number of carbonyl (C=O) groups is 1. The molecule has 7 N–H and O–H groups in total. The molecule has 0 aromatic rings. The standard InChI is InChI=1S/C27H51ClN8O2/c1-38-21-16-35(17-21)19-8-11-34(12-9-19)23-7-10-31-14-22(23)33-27(37)24(25(29)30)26-32-13-18(28)15-36(26)20-5-3-2-4-6-20/h18-26,31-32H,2-17,29-30H2,1H3,(H,33,37). The van der Waals surface area contributed by atoms with Crippen molar-refractivity contribution in [1.82, 2.24) is 30.7 Å². The Morgan fingerprint density at radius 2 is 1.71 bits per heavy atom. The Morgan fingerprint density at radius 3 is 2.39 bits per heavy atom. The molecule has 1 saturated carbocycles. The molecule has 4 saturated heterocycles. The van der Waals surface area contributed by atoms with Gasteiger partial charge in [-0.25, -0.2) is 0 Å². The SMILES string of the molecule is COC1CN(C2CCN(C3CCNCC3NC(=O)C(C(N)N)C3NCC(Cl)CN3C3CCCCC3)CC2)C1. The number of nitrogens with two attached hydrogens (primary N) is 2. The zero-order chi connectivity index (χ0) is 26.6. The number of hydrogen-bond donors (Lipinski definition) is 5. The van der Waals surface area contributed by atoms with Gasteiger partial charge in [0.2, 0.25) is 5.91 Å². The summed E-state index contributed by atoms with van der Waals surface area (Å²) in [5.74, 6) is -0.569. The van der Waals surface area contributed by atoms with E-state index in [-0.39, 0.29) is 23.5 Å². The van der Waals surface area contributed by atoms with Gasteiger partial charge in [-0.2, -0.15) is 0 Å². The Labute approximate surface area is 233 Å². The van der Waals surface area contributed by atoms with Crippen molar-refractivity contribution in [3.8, 4) is 0 Å². The molecule has 1 aliphatic carbocycles. The molecule has 0 bridgehead atoms. The van der Waals surface area contributed by atoms with E-state index in [0.717, 1.165) is 65.1 Å². The lowest BCUT2D eigenvalue weighted by molar-refractivity contribution is -0.131. The van der Waals surface area contributed by atoms with Crippen LogP contribution in [0.3, 0.4) is 0 Å². The number of alkyl halides is 1. The van der Waals surface area contributed by atoms with Gasteiger partial charge in [-0.05, 0) is 38.6 Å². The van der Waals surface area contributed by atoms with Crippen molar-refractivity contribution in [2.75, 3.05) is 59.5 Å².